The molecule has 8 nitrogen and oxygen atoms in total. The lowest BCUT2D eigenvalue weighted by atomic mass is 10.1. The van der Waals surface area contributed by atoms with E-state index in [4.69, 9.17) is 28.1 Å². The van der Waals surface area contributed by atoms with Crippen molar-refractivity contribution in [2.24, 2.45) is 0 Å². The molecule has 0 amide bonds. The minimum Gasteiger partial charge on any atom is -0.502 e. The molecule has 0 aliphatic heterocycles. The Bertz CT molecular complexity index is 1380. The summed E-state index contributed by atoms with van der Waals surface area (Å²) >= 11 is 0. The minimum atomic E-state index is -0.424. The fraction of sp³-hybridized carbons (Fsp3) is 0.192. The number of hydrogen-bond acceptors (Lipinski definition) is 8. The molecule has 34 heavy (non-hydrogen) atoms. The van der Waals surface area contributed by atoms with Crippen molar-refractivity contribution in [3.05, 3.63) is 70.4 Å². The van der Waals surface area contributed by atoms with Crippen LogP contribution in [0, 0.1) is 0 Å². The second-order valence-electron chi connectivity index (χ2n) is 7.27. The van der Waals surface area contributed by atoms with Gasteiger partial charge in [0.15, 0.2) is 28.3 Å². The molecular weight excluding hydrogens is 440 g/mol. The maximum atomic E-state index is 13.1. The predicted molar refractivity (Wildman–Crippen MR) is 127 cm³/mol. The number of benzene rings is 3. The van der Waals surface area contributed by atoms with Crippen LogP contribution in [0.15, 0.2) is 63.8 Å². The van der Waals surface area contributed by atoms with Gasteiger partial charge in [-0.1, -0.05) is 30.3 Å². The SMILES string of the molecule is COc1ccc(-c2cc(=O)c3c(OC)c(O)c(OC)c(OC)c3o2)cc1OCc1ccccc1. The monoisotopic (exact) mass is 464 g/mol. The van der Waals surface area contributed by atoms with Gasteiger partial charge in [-0.05, 0) is 23.8 Å². The third kappa shape index (κ3) is 4.05. The number of phenols is 1. The highest BCUT2D eigenvalue weighted by Gasteiger charge is 2.26. The Hall–Kier alpha value is -4.33. The minimum absolute atomic E-state index is 0.00577. The van der Waals surface area contributed by atoms with Crippen molar-refractivity contribution < 1.29 is 33.2 Å². The molecule has 1 heterocycles. The Kier molecular flexibility index (Phi) is 6.49. The van der Waals surface area contributed by atoms with Crippen LogP contribution in [0.4, 0.5) is 0 Å². The van der Waals surface area contributed by atoms with E-state index in [9.17, 15) is 9.90 Å². The van der Waals surface area contributed by atoms with Crippen LogP contribution in [0.3, 0.4) is 0 Å². The molecule has 0 atom stereocenters. The maximum Gasteiger partial charge on any atom is 0.211 e. The molecule has 0 saturated carbocycles. The molecule has 0 spiro atoms. The zero-order valence-electron chi connectivity index (χ0n) is 19.2. The molecule has 0 radical (unpaired) electrons. The second kappa shape index (κ2) is 9.66. The van der Waals surface area contributed by atoms with E-state index >= 15 is 0 Å². The van der Waals surface area contributed by atoms with E-state index in [1.54, 1.807) is 25.3 Å². The molecule has 0 unspecified atom stereocenters. The second-order valence-corrected chi connectivity index (χ2v) is 7.27. The Morgan fingerprint density at radius 3 is 2.15 bits per heavy atom. The molecule has 8 heteroatoms. The highest BCUT2D eigenvalue weighted by molar-refractivity contribution is 5.95. The van der Waals surface area contributed by atoms with Crippen molar-refractivity contribution >= 4 is 11.0 Å². The number of phenolic OH excluding ortho intramolecular Hbond substituents is 1. The number of rotatable bonds is 8. The van der Waals surface area contributed by atoms with Crippen molar-refractivity contribution in [2.45, 2.75) is 6.61 Å². The Morgan fingerprint density at radius 2 is 1.50 bits per heavy atom. The molecular formula is C26H24O8. The summed E-state index contributed by atoms with van der Waals surface area (Å²) < 4.78 is 33.5. The molecule has 1 N–H and O–H groups in total. The Balaban J connectivity index is 1.85. The molecule has 0 bridgehead atoms. The van der Waals surface area contributed by atoms with Crippen molar-refractivity contribution in [3.63, 3.8) is 0 Å². The van der Waals surface area contributed by atoms with Crippen molar-refractivity contribution in [1.82, 2.24) is 0 Å². The Morgan fingerprint density at radius 1 is 0.794 bits per heavy atom. The van der Waals surface area contributed by atoms with Gasteiger partial charge in [0.2, 0.25) is 17.2 Å². The summed E-state index contributed by atoms with van der Waals surface area (Å²) in [6, 6.07) is 16.3. The van der Waals surface area contributed by atoms with Crippen LogP contribution in [0.5, 0.6) is 34.5 Å². The molecule has 0 saturated heterocycles. The van der Waals surface area contributed by atoms with Crippen molar-refractivity contribution in [3.8, 4) is 45.8 Å². The van der Waals surface area contributed by atoms with Crippen LogP contribution in [-0.2, 0) is 6.61 Å². The fourth-order valence-corrected chi connectivity index (χ4v) is 3.69. The molecule has 0 fully saturated rings. The first-order chi connectivity index (χ1) is 16.5. The third-order valence-corrected chi connectivity index (χ3v) is 5.32. The van der Waals surface area contributed by atoms with Crippen LogP contribution in [-0.4, -0.2) is 33.5 Å². The first-order valence-corrected chi connectivity index (χ1v) is 10.4. The lowest BCUT2D eigenvalue weighted by Crippen LogP contribution is -2.05. The largest absolute Gasteiger partial charge is 0.502 e. The normalized spacial score (nSPS) is 10.7. The Labute approximate surface area is 195 Å². The van der Waals surface area contributed by atoms with Gasteiger partial charge in [0.25, 0.3) is 0 Å². The third-order valence-electron chi connectivity index (χ3n) is 5.32. The zero-order valence-corrected chi connectivity index (χ0v) is 19.2. The van der Waals surface area contributed by atoms with Crippen LogP contribution >= 0.6 is 0 Å². The summed E-state index contributed by atoms with van der Waals surface area (Å²) in [5, 5.41) is 10.6. The van der Waals surface area contributed by atoms with E-state index in [1.165, 1.54) is 27.4 Å². The number of fused-ring (bicyclic) bond motifs is 1. The molecule has 0 aliphatic carbocycles. The van der Waals surface area contributed by atoms with Gasteiger partial charge in [-0.15, -0.1) is 0 Å². The number of methoxy groups -OCH3 is 4. The fourth-order valence-electron chi connectivity index (χ4n) is 3.69. The standard InChI is InChI=1S/C26H24O8/c1-29-18-11-10-16(12-20(18)33-14-15-8-6-5-7-9-15)19-13-17(27)21-23(30-2)22(28)25(31-3)26(32-4)24(21)34-19/h5-13,28H,14H2,1-4H3. The first kappa shape index (κ1) is 22.8. The average Bonchev–Trinajstić information content (AvgIpc) is 2.87. The van der Waals surface area contributed by atoms with Gasteiger partial charge in [0, 0.05) is 11.6 Å². The van der Waals surface area contributed by atoms with E-state index < -0.39 is 5.43 Å². The smallest absolute Gasteiger partial charge is 0.211 e. The quantitative estimate of drug-likeness (QED) is 0.398. The summed E-state index contributed by atoms with van der Waals surface area (Å²) in [6.07, 6.45) is 0. The van der Waals surface area contributed by atoms with Crippen LogP contribution in [0.1, 0.15) is 5.56 Å². The van der Waals surface area contributed by atoms with E-state index in [0.717, 1.165) is 5.56 Å². The van der Waals surface area contributed by atoms with Crippen LogP contribution < -0.4 is 29.1 Å². The van der Waals surface area contributed by atoms with Gasteiger partial charge < -0.3 is 33.2 Å². The average molecular weight is 464 g/mol. The first-order valence-electron chi connectivity index (χ1n) is 10.4. The lowest BCUT2D eigenvalue weighted by Gasteiger charge is -2.16. The highest BCUT2D eigenvalue weighted by atomic mass is 16.5. The molecule has 3 aromatic carbocycles. The summed E-state index contributed by atoms with van der Waals surface area (Å²) in [4.78, 5) is 13.1. The van der Waals surface area contributed by atoms with Gasteiger partial charge in [0.05, 0.1) is 28.4 Å². The van der Waals surface area contributed by atoms with Gasteiger partial charge in [0.1, 0.15) is 17.8 Å². The maximum absolute atomic E-state index is 13.1. The molecule has 1 aromatic heterocycles. The van der Waals surface area contributed by atoms with Gasteiger partial charge in [-0.3, -0.25) is 4.79 Å². The highest BCUT2D eigenvalue weighted by Crippen LogP contribution is 2.49. The van der Waals surface area contributed by atoms with Crippen LogP contribution in [0.25, 0.3) is 22.3 Å². The molecule has 176 valence electrons. The summed E-state index contributed by atoms with van der Waals surface area (Å²) in [5.41, 5.74) is 1.23. The molecule has 4 rings (SSSR count). The van der Waals surface area contributed by atoms with Crippen LogP contribution in [0.2, 0.25) is 0 Å². The van der Waals surface area contributed by atoms with Gasteiger partial charge in [-0.2, -0.15) is 0 Å². The van der Waals surface area contributed by atoms with Gasteiger partial charge >= 0.3 is 0 Å². The predicted octanol–water partition coefficient (Wildman–Crippen LogP) is 4.78. The van der Waals surface area contributed by atoms with Crippen molar-refractivity contribution in [2.75, 3.05) is 28.4 Å². The van der Waals surface area contributed by atoms with E-state index in [0.29, 0.717) is 23.7 Å². The van der Waals surface area contributed by atoms with E-state index in [2.05, 4.69) is 0 Å². The number of ether oxygens (including phenoxy) is 5. The molecule has 4 aromatic rings. The van der Waals surface area contributed by atoms with Crippen molar-refractivity contribution in [1.29, 1.82) is 0 Å². The lowest BCUT2D eigenvalue weighted by molar-refractivity contribution is 0.284. The summed E-state index contributed by atoms with van der Waals surface area (Å²) in [6.45, 7) is 0.337. The number of hydrogen-bond donors (Lipinski definition) is 1. The number of aromatic hydroxyl groups is 1. The summed E-state index contributed by atoms with van der Waals surface area (Å²) in [5.74, 6) is 0.938. The summed E-state index contributed by atoms with van der Waals surface area (Å²) in [7, 11) is 5.65. The van der Waals surface area contributed by atoms with E-state index in [1.807, 2.05) is 30.3 Å². The topological polar surface area (TPSA) is 96.6 Å². The van der Waals surface area contributed by atoms with E-state index in [-0.39, 0.29) is 39.7 Å². The zero-order chi connectivity index (χ0) is 24.2. The molecule has 0 aliphatic rings. The van der Waals surface area contributed by atoms with Gasteiger partial charge in [-0.25, -0.2) is 0 Å².